The molecule has 3 aromatic rings. The van der Waals surface area contributed by atoms with Gasteiger partial charge in [-0.3, -0.25) is 9.59 Å². The van der Waals surface area contributed by atoms with Crippen LogP contribution in [0.1, 0.15) is 50.4 Å². The molecule has 0 spiro atoms. The van der Waals surface area contributed by atoms with Crippen molar-refractivity contribution in [3.63, 3.8) is 0 Å². The second-order valence-electron chi connectivity index (χ2n) is 9.80. The maximum atomic E-state index is 13.4. The third-order valence-corrected chi connectivity index (χ3v) is 6.14. The highest BCUT2D eigenvalue weighted by Gasteiger charge is 2.45. The summed E-state index contributed by atoms with van der Waals surface area (Å²) in [5, 5.41) is 11.4. The van der Waals surface area contributed by atoms with E-state index in [-0.39, 0.29) is 35.9 Å². The third-order valence-electron chi connectivity index (χ3n) is 6.14. The fourth-order valence-electron chi connectivity index (χ4n) is 4.50. The predicted molar refractivity (Wildman–Crippen MR) is 144 cm³/mol. The number of Topliss-reactive ketones (excluding diaryl/α,β-unsaturated/α-hetero) is 1. The minimum Gasteiger partial charge on any atom is -0.507 e. The maximum absolute atomic E-state index is 13.4. The number of nitrogens with zero attached hydrogens (tertiary/aromatic N) is 1. The van der Waals surface area contributed by atoms with Gasteiger partial charge in [0.1, 0.15) is 23.1 Å². The average molecular weight is 518 g/mol. The zero-order chi connectivity index (χ0) is 27.4. The highest BCUT2D eigenvalue weighted by molar-refractivity contribution is 6.46. The number of ether oxygens (including phenoxy) is 2. The smallest absolute Gasteiger partial charge is 0.295 e. The van der Waals surface area contributed by atoms with Crippen LogP contribution in [0, 0.1) is 5.82 Å². The lowest BCUT2D eigenvalue weighted by molar-refractivity contribution is -0.139. The van der Waals surface area contributed by atoms with Crippen LogP contribution in [0.15, 0.2) is 78.4 Å². The van der Waals surface area contributed by atoms with Crippen molar-refractivity contribution in [3.8, 4) is 11.5 Å². The minimum atomic E-state index is -0.807. The minimum absolute atomic E-state index is 0.00771. The normalized spacial score (nSPS) is 16.9. The number of halogens is 1. The second-order valence-corrected chi connectivity index (χ2v) is 9.80. The first-order valence-corrected chi connectivity index (χ1v) is 12.7. The highest BCUT2D eigenvalue weighted by Crippen LogP contribution is 2.40. The molecule has 7 heteroatoms. The van der Waals surface area contributed by atoms with Crippen molar-refractivity contribution in [2.75, 3.05) is 6.54 Å². The molecule has 1 amide bonds. The van der Waals surface area contributed by atoms with Crippen LogP contribution in [0.3, 0.4) is 0 Å². The van der Waals surface area contributed by atoms with Gasteiger partial charge in [0.25, 0.3) is 11.7 Å². The fraction of sp³-hybridized carbons (Fsp3) is 0.290. The fourth-order valence-corrected chi connectivity index (χ4v) is 4.50. The quantitative estimate of drug-likeness (QED) is 0.212. The summed E-state index contributed by atoms with van der Waals surface area (Å²) < 4.78 is 24.9. The number of hydrogen-bond donors (Lipinski definition) is 1. The Morgan fingerprint density at radius 1 is 0.895 bits per heavy atom. The number of aliphatic hydroxyl groups excluding tert-OH is 1. The van der Waals surface area contributed by atoms with E-state index in [4.69, 9.17) is 9.47 Å². The number of rotatable bonds is 9. The summed E-state index contributed by atoms with van der Waals surface area (Å²) in [7, 11) is 0. The number of amides is 1. The van der Waals surface area contributed by atoms with Crippen LogP contribution < -0.4 is 9.47 Å². The molecule has 0 aromatic heterocycles. The van der Waals surface area contributed by atoms with E-state index < -0.39 is 17.7 Å². The summed E-state index contributed by atoms with van der Waals surface area (Å²) in [5.74, 6) is -0.872. The van der Waals surface area contributed by atoms with Gasteiger partial charge in [-0.05, 0) is 81.6 Å². The molecule has 1 saturated heterocycles. The first-order chi connectivity index (χ1) is 18.1. The Morgan fingerprint density at radius 2 is 1.53 bits per heavy atom. The van der Waals surface area contributed by atoms with Crippen molar-refractivity contribution in [2.24, 2.45) is 0 Å². The van der Waals surface area contributed by atoms with Gasteiger partial charge in [-0.25, -0.2) is 4.39 Å². The average Bonchev–Trinajstić information content (AvgIpc) is 3.13. The van der Waals surface area contributed by atoms with E-state index in [9.17, 15) is 19.1 Å². The lowest BCUT2D eigenvalue weighted by Gasteiger charge is -2.25. The summed E-state index contributed by atoms with van der Waals surface area (Å²) in [6, 6.07) is 19.2. The zero-order valence-corrected chi connectivity index (χ0v) is 22.0. The zero-order valence-electron chi connectivity index (χ0n) is 22.0. The second kappa shape index (κ2) is 11.5. The van der Waals surface area contributed by atoms with E-state index >= 15 is 0 Å². The molecule has 0 bridgehead atoms. The van der Waals surface area contributed by atoms with Crippen LogP contribution in [0.4, 0.5) is 4.39 Å². The Hall–Kier alpha value is -4.13. The molecule has 1 heterocycles. The van der Waals surface area contributed by atoms with E-state index in [2.05, 4.69) is 0 Å². The number of aliphatic hydroxyl groups is 1. The van der Waals surface area contributed by atoms with Gasteiger partial charge in [-0.1, -0.05) is 36.4 Å². The van der Waals surface area contributed by atoms with Crippen LogP contribution in [-0.2, 0) is 16.0 Å². The van der Waals surface area contributed by atoms with E-state index in [1.807, 2.05) is 27.7 Å². The Labute approximate surface area is 222 Å². The summed E-state index contributed by atoms with van der Waals surface area (Å²) in [6.45, 7) is 7.85. The summed E-state index contributed by atoms with van der Waals surface area (Å²) >= 11 is 0. The number of benzene rings is 3. The molecular weight excluding hydrogens is 485 g/mol. The van der Waals surface area contributed by atoms with E-state index in [1.54, 1.807) is 60.7 Å². The van der Waals surface area contributed by atoms with E-state index in [1.165, 1.54) is 17.0 Å². The lowest BCUT2D eigenvalue weighted by atomic mass is 9.95. The first kappa shape index (κ1) is 26.9. The van der Waals surface area contributed by atoms with Gasteiger partial charge in [-0.15, -0.1) is 0 Å². The molecule has 3 aromatic carbocycles. The van der Waals surface area contributed by atoms with Crippen LogP contribution in [0.25, 0.3) is 5.76 Å². The lowest BCUT2D eigenvalue weighted by Crippen LogP contribution is -2.31. The standard InChI is InChI=1S/C31H32FNO5/c1-19(2)37-25-14-10-22(11-15-25)28-27(29(34)23-6-5-7-26(18-23)38-20(3)4)30(35)31(36)33(28)17-16-21-8-12-24(32)13-9-21/h5-15,18-20,28,34H,16-17H2,1-4H3/b29-27-. The molecule has 38 heavy (non-hydrogen) atoms. The van der Waals surface area contributed by atoms with E-state index in [0.717, 1.165) is 5.56 Å². The number of ketones is 1. The molecule has 0 radical (unpaired) electrons. The van der Waals surface area contributed by atoms with Gasteiger partial charge < -0.3 is 19.5 Å². The molecule has 6 nitrogen and oxygen atoms in total. The SMILES string of the molecule is CC(C)Oc1ccc(C2/C(=C(/O)c3cccc(OC(C)C)c3)C(=O)C(=O)N2CCc2ccc(F)cc2)cc1. The molecule has 1 aliphatic heterocycles. The summed E-state index contributed by atoms with van der Waals surface area (Å²) in [4.78, 5) is 28.1. The van der Waals surface area contributed by atoms with Gasteiger partial charge in [0.15, 0.2) is 0 Å². The summed E-state index contributed by atoms with van der Waals surface area (Å²) in [5.41, 5.74) is 1.87. The molecule has 198 valence electrons. The van der Waals surface area contributed by atoms with Crippen molar-refractivity contribution in [1.29, 1.82) is 0 Å². The monoisotopic (exact) mass is 517 g/mol. The van der Waals surface area contributed by atoms with Crippen LogP contribution in [-0.4, -0.2) is 40.4 Å². The van der Waals surface area contributed by atoms with Gasteiger partial charge in [0.05, 0.1) is 23.8 Å². The molecule has 1 N–H and O–H groups in total. The van der Waals surface area contributed by atoms with Crippen molar-refractivity contribution >= 4 is 17.4 Å². The highest BCUT2D eigenvalue weighted by atomic mass is 19.1. The first-order valence-electron chi connectivity index (χ1n) is 12.7. The molecule has 1 unspecified atom stereocenters. The van der Waals surface area contributed by atoms with E-state index in [0.29, 0.717) is 29.0 Å². The number of hydrogen-bond acceptors (Lipinski definition) is 5. The van der Waals surface area contributed by atoms with Gasteiger partial charge in [0.2, 0.25) is 0 Å². The number of likely N-dealkylation sites (tertiary alicyclic amines) is 1. The number of carbonyl (C=O) groups is 2. The van der Waals surface area contributed by atoms with Gasteiger partial charge >= 0.3 is 0 Å². The third kappa shape index (κ3) is 6.05. The van der Waals surface area contributed by atoms with Crippen LogP contribution in [0.5, 0.6) is 11.5 Å². The Bertz CT molecular complexity index is 1330. The summed E-state index contributed by atoms with van der Waals surface area (Å²) in [6.07, 6.45) is 0.328. The molecule has 0 saturated carbocycles. The van der Waals surface area contributed by atoms with Gasteiger partial charge in [0, 0.05) is 12.1 Å². The Balaban J connectivity index is 1.75. The Morgan fingerprint density at radius 3 is 2.16 bits per heavy atom. The largest absolute Gasteiger partial charge is 0.507 e. The van der Waals surface area contributed by atoms with Crippen LogP contribution >= 0.6 is 0 Å². The molecule has 1 atom stereocenters. The number of carbonyl (C=O) groups excluding carboxylic acids is 2. The molecule has 0 aliphatic carbocycles. The van der Waals surface area contributed by atoms with Crippen LogP contribution in [0.2, 0.25) is 0 Å². The van der Waals surface area contributed by atoms with Crippen molar-refractivity contribution in [3.05, 3.63) is 101 Å². The van der Waals surface area contributed by atoms with Crippen molar-refractivity contribution < 1.29 is 28.6 Å². The molecule has 1 aliphatic rings. The molecular formula is C31H32FNO5. The molecule has 4 rings (SSSR count). The molecule has 1 fully saturated rings. The maximum Gasteiger partial charge on any atom is 0.295 e. The topological polar surface area (TPSA) is 76.1 Å². The van der Waals surface area contributed by atoms with Crippen molar-refractivity contribution in [2.45, 2.75) is 52.4 Å². The predicted octanol–water partition coefficient (Wildman–Crippen LogP) is 6.06. The van der Waals surface area contributed by atoms with Gasteiger partial charge in [-0.2, -0.15) is 0 Å². The Kier molecular flexibility index (Phi) is 8.15. The van der Waals surface area contributed by atoms with Crippen molar-refractivity contribution in [1.82, 2.24) is 4.90 Å².